The number of ketones is 1. The van der Waals surface area contributed by atoms with E-state index in [0.717, 1.165) is 56.1 Å². The number of hydrogen-bond acceptors (Lipinski definition) is 12. The van der Waals surface area contributed by atoms with Crippen molar-refractivity contribution in [3.8, 4) is 0 Å². The van der Waals surface area contributed by atoms with Crippen LogP contribution in [0, 0.1) is 11.8 Å². The summed E-state index contributed by atoms with van der Waals surface area (Å²) in [6.07, 6.45) is 4.85. The highest BCUT2D eigenvalue weighted by Crippen LogP contribution is 2.54. The fourth-order valence-electron chi connectivity index (χ4n) is 11.3. The summed E-state index contributed by atoms with van der Waals surface area (Å²) in [6, 6.07) is 0. The topological polar surface area (TPSA) is 146 Å². The van der Waals surface area contributed by atoms with Gasteiger partial charge in [0, 0.05) is 58.1 Å². The zero-order valence-electron chi connectivity index (χ0n) is 30.8. The molecule has 10 aliphatic rings. The van der Waals surface area contributed by atoms with E-state index >= 15 is 0 Å². The molecule has 290 valence electrons. The van der Waals surface area contributed by atoms with E-state index < -0.39 is 18.0 Å². The molecule has 10 saturated heterocycles. The molecule has 10 aliphatic heterocycles. The Bertz CT molecular complexity index is 1380. The summed E-state index contributed by atoms with van der Waals surface area (Å²) in [4.78, 5) is 14.1. The summed E-state index contributed by atoms with van der Waals surface area (Å²) >= 11 is 0. The van der Waals surface area contributed by atoms with Gasteiger partial charge in [0.05, 0.1) is 67.1 Å². The van der Waals surface area contributed by atoms with Crippen molar-refractivity contribution < 1.29 is 52.5 Å². The Morgan fingerprint density at radius 1 is 0.808 bits per heavy atom. The first kappa shape index (κ1) is 36.4. The van der Waals surface area contributed by atoms with Gasteiger partial charge in [-0.25, -0.2) is 0 Å². The van der Waals surface area contributed by atoms with E-state index in [2.05, 4.69) is 20.1 Å². The van der Waals surface area contributed by atoms with Gasteiger partial charge >= 0.3 is 0 Å². The fourth-order valence-corrected chi connectivity index (χ4v) is 11.3. The summed E-state index contributed by atoms with van der Waals surface area (Å²) < 4.78 is 60.0. The van der Waals surface area contributed by atoms with Crippen LogP contribution in [0.3, 0.4) is 0 Å². The van der Waals surface area contributed by atoms with Crippen molar-refractivity contribution in [1.29, 1.82) is 0 Å². The van der Waals surface area contributed by atoms with Gasteiger partial charge in [0.2, 0.25) is 0 Å². The molecule has 0 radical (unpaired) electrons. The van der Waals surface area contributed by atoms with Crippen LogP contribution in [-0.4, -0.2) is 128 Å². The zero-order valence-corrected chi connectivity index (χ0v) is 30.8. The maximum Gasteiger partial charge on any atom is 0.172 e. The maximum atomic E-state index is 14.1. The highest BCUT2D eigenvalue weighted by Gasteiger charge is 2.68. The van der Waals surface area contributed by atoms with Gasteiger partial charge in [-0.2, -0.15) is 0 Å². The average molecular weight is 730 g/mol. The Hall–Kier alpha value is -1.29. The second kappa shape index (κ2) is 14.3. The summed E-state index contributed by atoms with van der Waals surface area (Å²) in [5, 5.41) is 10.5. The van der Waals surface area contributed by atoms with Crippen LogP contribution in [0.15, 0.2) is 24.3 Å². The molecule has 10 rings (SSSR count). The van der Waals surface area contributed by atoms with Gasteiger partial charge in [0.15, 0.2) is 5.79 Å². The van der Waals surface area contributed by atoms with Crippen LogP contribution in [0.25, 0.3) is 0 Å². The number of methoxy groups -OCH3 is 1. The van der Waals surface area contributed by atoms with Gasteiger partial charge in [-0.1, -0.05) is 20.1 Å². The molecule has 10 fully saturated rings. The average Bonchev–Trinajstić information content (AvgIpc) is 3.79. The number of carbonyl (C=O) groups excluding carboxylic acids is 1. The van der Waals surface area contributed by atoms with Gasteiger partial charge in [-0.05, 0) is 62.0 Å². The lowest BCUT2D eigenvalue weighted by Crippen LogP contribution is -2.61. The summed E-state index contributed by atoms with van der Waals surface area (Å²) in [6.45, 7) is 11.3. The third-order valence-corrected chi connectivity index (χ3v) is 14.0. The first-order valence-corrected chi connectivity index (χ1v) is 20.2. The molecule has 10 heterocycles. The van der Waals surface area contributed by atoms with Crippen LogP contribution in [0.4, 0.5) is 0 Å². The Kier molecular flexibility index (Phi) is 10.0. The van der Waals surface area contributed by atoms with Crippen LogP contribution >= 0.6 is 0 Å². The Balaban J connectivity index is 0.994. The standard InChI is InChI=1S/C40H59NO11/c1-19-11-24-5-7-28-20(2)12-26(45-28)9-10-40-17-33-36(51-40)37-38(50-33)39(52-40)35-29(49-37)8-6-25(47-35)13-22(42)14-27-31(16-30(46-24)21(19)3)48-32(34(27)44-4)15-23(43)18-41/h19,23-39,43H,2-3,5-18,41H2,1,4H3/t19-,23-,24+,25+,26-,27+,28-,29-,30+,31-,32-,33-,34-,35-,36+,37+,38+,39-,40?/m0/s1. The molecule has 12 nitrogen and oxygen atoms in total. The highest BCUT2D eigenvalue weighted by molar-refractivity contribution is 5.79. The predicted molar refractivity (Wildman–Crippen MR) is 186 cm³/mol. The minimum absolute atomic E-state index is 0.0158. The summed E-state index contributed by atoms with van der Waals surface area (Å²) in [5.74, 6) is -0.619. The lowest BCUT2D eigenvalue weighted by molar-refractivity contribution is -0.292. The predicted octanol–water partition coefficient (Wildman–Crippen LogP) is 3.44. The molecule has 12 bridgehead atoms. The molecule has 0 amide bonds. The SMILES string of the molecule is C=C1C[C@@H]2CCC34C[C@@H]5O[C@H]6[C@@H](O3)[C@H]3O[C@H](CC[C@@H]3O[C@@H]6[C@@H]5O4)CC(=O)C[C@H]3[C@H](OC)[C@H](C[C@H](O)CN)O[C@H]3C[C@H]3O[C@H](CC[C@@H]1O2)C[C@H](C)C3=C. The number of ether oxygens (including phenoxy) is 9. The smallest absolute Gasteiger partial charge is 0.172 e. The number of nitrogens with two attached hydrogens (primary N) is 1. The lowest BCUT2D eigenvalue weighted by Gasteiger charge is -2.47. The molecule has 0 aromatic heterocycles. The van der Waals surface area contributed by atoms with Gasteiger partial charge in [0.1, 0.15) is 36.3 Å². The van der Waals surface area contributed by atoms with Crippen molar-refractivity contribution in [3.63, 3.8) is 0 Å². The van der Waals surface area contributed by atoms with Crippen LogP contribution in [-0.2, 0) is 47.4 Å². The molecular formula is C40H59NO11. The molecule has 0 aromatic carbocycles. The van der Waals surface area contributed by atoms with Gasteiger partial charge < -0.3 is 53.5 Å². The fraction of sp³-hybridized carbons (Fsp3) is 0.875. The number of rotatable bonds is 4. The third kappa shape index (κ3) is 6.59. The molecule has 3 N–H and O–H groups in total. The van der Waals surface area contributed by atoms with Crippen molar-refractivity contribution in [2.45, 2.75) is 194 Å². The summed E-state index contributed by atoms with van der Waals surface area (Å²) in [7, 11) is 1.66. The molecule has 0 aliphatic carbocycles. The second-order valence-corrected chi connectivity index (χ2v) is 17.4. The number of carbonyl (C=O) groups is 1. The molecule has 1 unspecified atom stereocenters. The van der Waals surface area contributed by atoms with Gasteiger partial charge in [0.25, 0.3) is 0 Å². The molecule has 1 spiro atoms. The van der Waals surface area contributed by atoms with Gasteiger partial charge in [-0.15, -0.1) is 0 Å². The van der Waals surface area contributed by atoms with E-state index in [4.69, 9.17) is 48.4 Å². The Morgan fingerprint density at radius 2 is 1.56 bits per heavy atom. The van der Waals surface area contributed by atoms with Crippen LogP contribution < -0.4 is 5.73 Å². The second-order valence-electron chi connectivity index (χ2n) is 17.4. The molecule has 12 heteroatoms. The largest absolute Gasteiger partial charge is 0.392 e. The number of fused-ring (bicyclic) bond motifs is 6. The van der Waals surface area contributed by atoms with E-state index in [-0.39, 0.29) is 122 Å². The van der Waals surface area contributed by atoms with Crippen molar-refractivity contribution in [1.82, 2.24) is 0 Å². The van der Waals surface area contributed by atoms with E-state index in [0.29, 0.717) is 25.7 Å². The number of aliphatic hydroxyl groups is 1. The quantitative estimate of drug-likeness (QED) is 0.409. The first-order chi connectivity index (χ1) is 25.1. The number of Topliss-reactive ketones (excluding diaryl/α,β-unsaturated/α-hetero) is 1. The van der Waals surface area contributed by atoms with Crippen molar-refractivity contribution >= 4 is 5.78 Å². The molecule has 0 aromatic rings. The van der Waals surface area contributed by atoms with Crippen molar-refractivity contribution in [3.05, 3.63) is 24.3 Å². The Labute approximate surface area is 307 Å². The van der Waals surface area contributed by atoms with E-state index in [1.807, 2.05) is 0 Å². The molecule has 19 atom stereocenters. The monoisotopic (exact) mass is 729 g/mol. The van der Waals surface area contributed by atoms with E-state index in [9.17, 15) is 9.90 Å². The van der Waals surface area contributed by atoms with Crippen molar-refractivity contribution in [2.24, 2.45) is 17.6 Å². The molecule has 52 heavy (non-hydrogen) atoms. The lowest BCUT2D eigenvalue weighted by atomic mass is 9.81. The first-order valence-electron chi connectivity index (χ1n) is 20.2. The Morgan fingerprint density at radius 3 is 2.38 bits per heavy atom. The number of aliphatic hydroxyl groups excluding tert-OH is 1. The normalized spacial score (nSPS) is 52.4. The zero-order chi connectivity index (χ0) is 35.9. The summed E-state index contributed by atoms with van der Waals surface area (Å²) in [5.41, 5.74) is 8.01. The third-order valence-electron chi connectivity index (χ3n) is 14.0. The van der Waals surface area contributed by atoms with E-state index in [1.165, 1.54) is 0 Å². The van der Waals surface area contributed by atoms with Crippen LogP contribution in [0.1, 0.15) is 90.4 Å². The number of hydrogen-bond donors (Lipinski definition) is 2. The van der Waals surface area contributed by atoms with E-state index in [1.54, 1.807) is 7.11 Å². The van der Waals surface area contributed by atoms with Crippen molar-refractivity contribution in [2.75, 3.05) is 13.7 Å². The van der Waals surface area contributed by atoms with Crippen LogP contribution in [0.5, 0.6) is 0 Å². The highest BCUT2D eigenvalue weighted by atomic mass is 16.8. The maximum absolute atomic E-state index is 14.1. The van der Waals surface area contributed by atoms with Gasteiger partial charge in [-0.3, -0.25) is 4.79 Å². The minimum atomic E-state index is -0.780. The molecule has 0 saturated carbocycles. The molecular weight excluding hydrogens is 670 g/mol. The minimum Gasteiger partial charge on any atom is -0.392 e. The van der Waals surface area contributed by atoms with Crippen LogP contribution in [0.2, 0.25) is 0 Å².